The van der Waals surface area contributed by atoms with E-state index in [4.69, 9.17) is 4.74 Å². The number of rotatable bonds is 7. The number of ether oxygens (including phenoxy) is 1. The lowest BCUT2D eigenvalue weighted by Gasteiger charge is -2.47. The second kappa shape index (κ2) is 15.4. The summed E-state index contributed by atoms with van der Waals surface area (Å²) in [7, 11) is 1.72. The lowest BCUT2D eigenvalue weighted by atomic mass is 9.64. The molecule has 2 bridgehead atoms. The Hall–Kier alpha value is -4.23. The first kappa shape index (κ1) is 36.1. The van der Waals surface area contributed by atoms with Crippen molar-refractivity contribution in [2.75, 3.05) is 44.7 Å². The molecule has 1 heterocycles. The fourth-order valence-electron chi connectivity index (χ4n) is 9.30. The Balaban J connectivity index is 1.24. The molecule has 4 atom stereocenters. The van der Waals surface area contributed by atoms with Crippen LogP contribution in [0.15, 0.2) is 109 Å². The molecule has 2 N–H and O–H groups in total. The number of methoxy groups -OCH3 is 1. The number of hydrogen-bond acceptors (Lipinski definition) is 6. The molecule has 6 nitrogen and oxygen atoms in total. The van der Waals surface area contributed by atoms with Crippen LogP contribution in [0.5, 0.6) is 5.75 Å². The quantitative estimate of drug-likeness (QED) is 0.149. The van der Waals surface area contributed by atoms with E-state index in [1.165, 1.54) is 5.57 Å². The molecule has 6 heteroatoms. The minimum Gasteiger partial charge on any atom is -0.495 e. The lowest BCUT2D eigenvalue weighted by molar-refractivity contribution is -0.0841. The van der Waals surface area contributed by atoms with Crippen LogP contribution in [0, 0.1) is 5.41 Å². The van der Waals surface area contributed by atoms with Gasteiger partial charge in [0.2, 0.25) is 0 Å². The summed E-state index contributed by atoms with van der Waals surface area (Å²) in [5, 5.41) is 24.0. The van der Waals surface area contributed by atoms with Crippen LogP contribution in [0.1, 0.15) is 85.3 Å². The molecular formula is C46H54N2O4. The number of carbonyl (C=O) groups excluding carboxylic acids is 1. The van der Waals surface area contributed by atoms with Gasteiger partial charge in [0, 0.05) is 49.3 Å². The molecule has 4 aromatic rings. The zero-order chi connectivity index (χ0) is 36.3. The molecule has 1 saturated heterocycles. The molecule has 1 aliphatic heterocycles. The maximum atomic E-state index is 14.9. The summed E-state index contributed by atoms with van der Waals surface area (Å²) >= 11 is 0. The number of nitrogens with zero attached hydrogens (tertiary/aromatic N) is 2. The van der Waals surface area contributed by atoms with E-state index < -0.39 is 17.1 Å². The number of benzene rings is 4. The fourth-order valence-corrected chi connectivity index (χ4v) is 9.30. The Morgan fingerprint density at radius 2 is 1.60 bits per heavy atom. The van der Waals surface area contributed by atoms with Crippen molar-refractivity contribution < 1.29 is 19.7 Å². The summed E-state index contributed by atoms with van der Waals surface area (Å²) in [5.41, 5.74) is 6.29. The van der Waals surface area contributed by atoms with Crippen molar-refractivity contribution in [2.45, 2.75) is 76.4 Å². The number of ketones is 1. The van der Waals surface area contributed by atoms with Crippen LogP contribution in [0.2, 0.25) is 0 Å². The number of β-amino-alcohol motifs (C(OH)–C–C–N with tert-alkyl or cyclic N) is 1. The molecule has 4 aromatic carbocycles. The SMILES string of the molecule is COc1ccccc1N1CCN(CC2(O)CCC3c4ccc(cc4C(=O)c4ccccc4-c4ccccc4)CC(O)CCC(C)=CCCC32C)CC1. The normalized spacial score (nSPS) is 25.6. The number of piperazine rings is 1. The number of allylic oxidation sites excluding steroid dienone is 2. The first-order valence-electron chi connectivity index (χ1n) is 19.2. The van der Waals surface area contributed by atoms with E-state index in [0.29, 0.717) is 36.9 Å². The highest BCUT2D eigenvalue weighted by Gasteiger charge is 2.57. The van der Waals surface area contributed by atoms with Crippen molar-refractivity contribution in [1.82, 2.24) is 4.90 Å². The second-order valence-electron chi connectivity index (χ2n) is 15.6. The van der Waals surface area contributed by atoms with E-state index in [1.807, 2.05) is 60.7 Å². The van der Waals surface area contributed by atoms with Gasteiger partial charge in [-0.25, -0.2) is 0 Å². The third-order valence-electron chi connectivity index (χ3n) is 12.5. The van der Waals surface area contributed by atoms with E-state index in [9.17, 15) is 15.0 Å². The molecule has 8 rings (SSSR count). The van der Waals surface area contributed by atoms with Crippen LogP contribution in [0.4, 0.5) is 5.69 Å². The van der Waals surface area contributed by atoms with E-state index >= 15 is 0 Å². The van der Waals surface area contributed by atoms with Crippen molar-refractivity contribution in [3.63, 3.8) is 0 Å². The number of hydrogen-bond donors (Lipinski definition) is 2. The van der Waals surface area contributed by atoms with Crippen molar-refractivity contribution in [1.29, 1.82) is 0 Å². The molecule has 0 radical (unpaired) electrons. The van der Waals surface area contributed by atoms with Crippen molar-refractivity contribution in [3.8, 4) is 16.9 Å². The van der Waals surface area contributed by atoms with Crippen molar-refractivity contribution in [2.24, 2.45) is 5.41 Å². The van der Waals surface area contributed by atoms with Crippen LogP contribution >= 0.6 is 0 Å². The Kier molecular flexibility index (Phi) is 10.7. The average molecular weight is 699 g/mol. The molecule has 4 aliphatic rings. The third-order valence-corrected chi connectivity index (χ3v) is 12.5. The van der Waals surface area contributed by atoms with Gasteiger partial charge in [-0.2, -0.15) is 0 Å². The maximum absolute atomic E-state index is 14.9. The highest BCUT2D eigenvalue weighted by molar-refractivity contribution is 6.13. The monoisotopic (exact) mass is 698 g/mol. The van der Waals surface area contributed by atoms with Crippen molar-refractivity contribution >= 4 is 11.5 Å². The van der Waals surface area contributed by atoms with Gasteiger partial charge in [0.15, 0.2) is 5.78 Å². The minimum atomic E-state index is -0.930. The van der Waals surface area contributed by atoms with Crippen LogP contribution < -0.4 is 9.64 Å². The number of carbonyl (C=O) groups is 1. The largest absolute Gasteiger partial charge is 0.495 e. The Bertz CT molecular complexity index is 1900. The number of para-hydroxylation sites is 2. The predicted molar refractivity (Wildman–Crippen MR) is 210 cm³/mol. The molecule has 2 fully saturated rings. The van der Waals surface area contributed by atoms with E-state index in [0.717, 1.165) is 85.6 Å². The smallest absolute Gasteiger partial charge is 0.193 e. The standard InChI is InChI=1S/C46H54N2O4/c1-33-12-11-24-45(2)41(23-25-46(45,51)32-47-26-28-48(29-27-47)42-17-9-10-18-43(42)52-3)38-22-20-34(30-36(49)21-19-33)31-40(38)44(50)39-16-8-7-15-37(39)35-13-5-4-6-14-35/h4-10,12-18,20,22,31,36,41,49,51H,11,19,21,23-30,32H2,1-3H3. The Morgan fingerprint density at radius 1 is 0.865 bits per heavy atom. The highest BCUT2D eigenvalue weighted by Crippen LogP contribution is 2.59. The van der Waals surface area contributed by atoms with Crippen LogP contribution in [-0.4, -0.2) is 72.4 Å². The molecule has 0 spiro atoms. The summed E-state index contributed by atoms with van der Waals surface area (Å²) in [6.45, 7) is 8.50. The molecule has 272 valence electrons. The molecule has 1 saturated carbocycles. The summed E-state index contributed by atoms with van der Waals surface area (Å²) in [6, 6.07) is 32.5. The van der Waals surface area contributed by atoms with Gasteiger partial charge in [-0.1, -0.05) is 97.4 Å². The molecule has 4 unspecified atom stereocenters. The van der Waals surface area contributed by atoms with Crippen LogP contribution in [-0.2, 0) is 6.42 Å². The molecule has 3 aliphatic carbocycles. The summed E-state index contributed by atoms with van der Waals surface area (Å²) in [5.74, 6) is 0.880. The lowest BCUT2D eigenvalue weighted by Crippen LogP contribution is -2.56. The van der Waals surface area contributed by atoms with Crippen molar-refractivity contribution in [3.05, 3.63) is 131 Å². The molecule has 0 aromatic heterocycles. The second-order valence-corrected chi connectivity index (χ2v) is 15.6. The third kappa shape index (κ3) is 7.21. The first-order chi connectivity index (χ1) is 25.2. The van der Waals surface area contributed by atoms with E-state index in [2.05, 4.69) is 66.1 Å². The predicted octanol–water partition coefficient (Wildman–Crippen LogP) is 8.45. The van der Waals surface area contributed by atoms with E-state index in [-0.39, 0.29) is 11.7 Å². The topological polar surface area (TPSA) is 73.2 Å². The number of anilines is 1. The van der Waals surface area contributed by atoms with Gasteiger partial charge < -0.3 is 19.8 Å². The fraction of sp³-hybridized carbons (Fsp3) is 0.413. The molecule has 52 heavy (non-hydrogen) atoms. The first-order valence-corrected chi connectivity index (χ1v) is 19.2. The highest BCUT2D eigenvalue weighted by atomic mass is 16.5. The number of aliphatic hydroxyl groups is 2. The van der Waals surface area contributed by atoms with Gasteiger partial charge in [-0.05, 0) is 98.2 Å². The van der Waals surface area contributed by atoms with Gasteiger partial charge in [-0.3, -0.25) is 9.69 Å². The van der Waals surface area contributed by atoms with Crippen LogP contribution in [0.25, 0.3) is 11.1 Å². The van der Waals surface area contributed by atoms with Gasteiger partial charge in [0.05, 0.1) is 24.5 Å². The van der Waals surface area contributed by atoms with Gasteiger partial charge in [0.25, 0.3) is 0 Å². The van der Waals surface area contributed by atoms with Gasteiger partial charge in [-0.15, -0.1) is 0 Å². The van der Waals surface area contributed by atoms with E-state index in [1.54, 1.807) is 7.11 Å². The van der Waals surface area contributed by atoms with Crippen LogP contribution in [0.3, 0.4) is 0 Å². The average Bonchev–Trinajstić information content (AvgIpc) is 3.42. The Morgan fingerprint density at radius 3 is 2.38 bits per heavy atom. The zero-order valence-corrected chi connectivity index (χ0v) is 31.1. The maximum Gasteiger partial charge on any atom is 0.193 e. The zero-order valence-electron chi connectivity index (χ0n) is 31.1. The Labute approximate surface area is 309 Å². The number of fused-ring (bicyclic) bond motifs is 8. The molecular weight excluding hydrogens is 645 g/mol. The summed E-state index contributed by atoms with van der Waals surface area (Å²) in [4.78, 5) is 19.7. The number of aliphatic hydroxyl groups excluding tert-OH is 1. The summed E-state index contributed by atoms with van der Waals surface area (Å²) < 4.78 is 5.66. The minimum absolute atomic E-state index is 0.00104. The summed E-state index contributed by atoms with van der Waals surface area (Å²) in [6.07, 6.45) is 6.98. The van der Waals surface area contributed by atoms with Gasteiger partial charge in [0.1, 0.15) is 5.75 Å². The van der Waals surface area contributed by atoms with Gasteiger partial charge >= 0.3 is 0 Å². The molecule has 0 amide bonds.